The molecule has 1 aromatic rings. The molecule has 17 heavy (non-hydrogen) atoms. The fourth-order valence-electron chi connectivity index (χ4n) is 2.34. The second kappa shape index (κ2) is 5.65. The SMILES string of the molecule is CCc1cc(CNC2CCOC(C)C2)n(C)n1. The van der Waals surface area contributed by atoms with Crippen molar-refractivity contribution in [3.63, 3.8) is 0 Å². The zero-order valence-corrected chi connectivity index (χ0v) is 11.1. The van der Waals surface area contributed by atoms with Gasteiger partial charge in [-0.2, -0.15) is 5.10 Å². The van der Waals surface area contributed by atoms with Gasteiger partial charge in [0.15, 0.2) is 0 Å². The lowest BCUT2D eigenvalue weighted by molar-refractivity contribution is 0.0129. The monoisotopic (exact) mass is 237 g/mol. The van der Waals surface area contributed by atoms with Gasteiger partial charge in [-0.1, -0.05) is 6.92 Å². The van der Waals surface area contributed by atoms with E-state index in [0.29, 0.717) is 12.1 Å². The number of hydrogen-bond acceptors (Lipinski definition) is 3. The minimum absolute atomic E-state index is 0.388. The Labute approximate surface area is 103 Å². The van der Waals surface area contributed by atoms with E-state index in [0.717, 1.165) is 32.4 Å². The molecule has 1 fully saturated rings. The van der Waals surface area contributed by atoms with Crippen molar-refractivity contribution >= 4 is 0 Å². The number of nitrogens with one attached hydrogen (secondary N) is 1. The summed E-state index contributed by atoms with van der Waals surface area (Å²) in [7, 11) is 2.02. The summed E-state index contributed by atoms with van der Waals surface area (Å²) in [5.41, 5.74) is 2.44. The Kier molecular flexibility index (Phi) is 4.18. The Morgan fingerprint density at radius 1 is 1.59 bits per heavy atom. The van der Waals surface area contributed by atoms with E-state index in [4.69, 9.17) is 4.74 Å². The van der Waals surface area contributed by atoms with Gasteiger partial charge in [-0.05, 0) is 32.3 Å². The number of hydrogen-bond donors (Lipinski definition) is 1. The van der Waals surface area contributed by atoms with E-state index >= 15 is 0 Å². The van der Waals surface area contributed by atoms with Crippen LogP contribution in [0.1, 0.15) is 38.1 Å². The molecule has 1 aliphatic rings. The first kappa shape index (κ1) is 12.6. The second-order valence-corrected chi connectivity index (χ2v) is 4.89. The molecule has 2 rings (SSSR count). The minimum Gasteiger partial charge on any atom is -0.378 e. The van der Waals surface area contributed by atoms with Gasteiger partial charge < -0.3 is 10.1 Å². The number of nitrogens with zero attached hydrogens (tertiary/aromatic N) is 2. The van der Waals surface area contributed by atoms with Gasteiger partial charge >= 0.3 is 0 Å². The summed E-state index contributed by atoms with van der Waals surface area (Å²) in [6.07, 6.45) is 3.61. The van der Waals surface area contributed by atoms with Crippen molar-refractivity contribution in [2.45, 2.75) is 51.8 Å². The van der Waals surface area contributed by atoms with Crippen molar-refractivity contribution < 1.29 is 4.74 Å². The Bertz CT molecular complexity index is 362. The van der Waals surface area contributed by atoms with Gasteiger partial charge in [0.1, 0.15) is 0 Å². The predicted octanol–water partition coefficient (Wildman–Crippen LogP) is 1.64. The molecule has 1 saturated heterocycles. The maximum atomic E-state index is 5.55. The molecule has 0 bridgehead atoms. The maximum Gasteiger partial charge on any atom is 0.0625 e. The van der Waals surface area contributed by atoms with Crippen molar-refractivity contribution in [2.24, 2.45) is 7.05 Å². The van der Waals surface area contributed by atoms with Gasteiger partial charge in [-0.15, -0.1) is 0 Å². The summed E-state index contributed by atoms with van der Waals surface area (Å²) < 4.78 is 7.53. The topological polar surface area (TPSA) is 39.1 Å². The van der Waals surface area contributed by atoms with E-state index in [9.17, 15) is 0 Å². The van der Waals surface area contributed by atoms with E-state index in [1.54, 1.807) is 0 Å². The van der Waals surface area contributed by atoms with Crippen LogP contribution in [0.3, 0.4) is 0 Å². The average Bonchev–Trinajstić information content (AvgIpc) is 2.68. The lowest BCUT2D eigenvalue weighted by Gasteiger charge is -2.28. The van der Waals surface area contributed by atoms with Crippen LogP contribution >= 0.6 is 0 Å². The van der Waals surface area contributed by atoms with Gasteiger partial charge in [0.25, 0.3) is 0 Å². The van der Waals surface area contributed by atoms with Crippen molar-refractivity contribution in [3.8, 4) is 0 Å². The molecule has 2 unspecified atom stereocenters. The highest BCUT2D eigenvalue weighted by Gasteiger charge is 2.18. The molecular formula is C13H23N3O. The van der Waals surface area contributed by atoms with Gasteiger partial charge in [-0.25, -0.2) is 0 Å². The zero-order valence-electron chi connectivity index (χ0n) is 11.1. The Morgan fingerprint density at radius 3 is 3.06 bits per heavy atom. The van der Waals surface area contributed by atoms with Crippen molar-refractivity contribution in [1.29, 1.82) is 0 Å². The minimum atomic E-state index is 0.388. The van der Waals surface area contributed by atoms with E-state index < -0.39 is 0 Å². The zero-order chi connectivity index (χ0) is 12.3. The van der Waals surface area contributed by atoms with Crippen LogP contribution in [-0.4, -0.2) is 28.5 Å². The summed E-state index contributed by atoms with van der Waals surface area (Å²) in [6, 6.07) is 2.77. The van der Waals surface area contributed by atoms with Crippen LogP contribution in [0.5, 0.6) is 0 Å². The van der Waals surface area contributed by atoms with Crippen LogP contribution < -0.4 is 5.32 Å². The number of ether oxygens (including phenoxy) is 1. The molecule has 0 saturated carbocycles. The first-order chi connectivity index (χ1) is 8.19. The maximum absolute atomic E-state index is 5.55. The summed E-state index contributed by atoms with van der Waals surface area (Å²) in [5, 5.41) is 8.07. The quantitative estimate of drug-likeness (QED) is 0.865. The second-order valence-electron chi connectivity index (χ2n) is 4.89. The first-order valence-corrected chi connectivity index (χ1v) is 6.55. The van der Waals surface area contributed by atoms with Crippen LogP contribution in [0.2, 0.25) is 0 Å². The summed E-state index contributed by atoms with van der Waals surface area (Å²) in [5.74, 6) is 0. The molecule has 0 aliphatic carbocycles. The van der Waals surface area contributed by atoms with Gasteiger partial charge in [0.05, 0.1) is 17.5 Å². The highest BCUT2D eigenvalue weighted by atomic mass is 16.5. The third-order valence-corrected chi connectivity index (χ3v) is 3.45. The van der Waals surface area contributed by atoms with Crippen molar-refractivity contribution in [2.75, 3.05) is 6.61 Å². The normalized spacial score (nSPS) is 25.1. The largest absolute Gasteiger partial charge is 0.378 e. The number of aromatic nitrogens is 2. The van der Waals surface area contributed by atoms with Crippen LogP contribution in [-0.2, 0) is 24.8 Å². The van der Waals surface area contributed by atoms with E-state index in [2.05, 4.69) is 30.3 Å². The van der Waals surface area contributed by atoms with Crippen molar-refractivity contribution in [3.05, 3.63) is 17.5 Å². The summed E-state index contributed by atoms with van der Waals surface area (Å²) in [4.78, 5) is 0. The molecule has 0 spiro atoms. The molecule has 2 atom stereocenters. The number of rotatable bonds is 4. The lowest BCUT2D eigenvalue weighted by atomic mass is 10.0. The molecule has 0 amide bonds. The third kappa shape index (κ3) is 3.30. The summed E-state index contributed by atoms with van der Waals surface area (Å²) >= 11 is 0. The molecule has 96 valence electrons. The van der Waals surface area contributed by atoms with Crippen LogP contribution in [0.25, 0.3) is 0 Å². The molecule has 2 heterocycles. The molecule has 0 aromatic carbocycles. The Hall–Kier alpha value is -0.870. The predicted molar refractivity (Wildman–Crippen MR) is 67.9 cm³/mol. The molecule has 1 aromatic heterocycles. The first-order valence-electron chi connectivity index (χ1n) is 6.55. The van der Waals surface area contributed by atoms with Crippen molar-refractivity contribution in [1.82, 2.24) is 15.1 Å². The van der Waals surface area contributed by atoms with Crippen LogP contribution in [0, 0.1) is 0 Å². The smallest absolute Gasteiger partial charge is 0.0625 e. The number of aryl methyl sites for hydroxylation is 2. The highest BCUT2D eigenvalue weighted by molar-refractivity contribution is 5.10. The average molecular weight is 237 g/mol. The summed E-state index contributed by atoms with van der Waals surface area (Å²) in [6.45, 7) is 6.07. The molecular weight excluding hydrogens is 214 g/mol. The molecule has 1 N–H and O–H groups in total. The lowest BCUT2D eigenvalue weighted by Crippen LogP contribution is -2.37. The van der Waals surface area contributed by atoms with E-state index in [-0.39, 0.29) is 0 Å². The van der Waals surface area contributed by atoms with Gasteiger partial charge in [0.2, 0.25) is 0 Å². The Morgan fingerprint density at radius 2 is 2.41 bits per heavy atom. The highest BCUT2D eigenvalue weighted by Crippen LogP contribution is 2.14. The molecule has 4 heteroatoms. The van der Waals surface area contributed by atoms with E-state index in [1.165, 1.54) is 11.4 Å². The molecule has 0 radical (unpaired) electrons. The fraction of sp³-hybridized carbons (Fsp3) is 0.769. The molecule has 4 nitrogen and oxygen atoms in total. The fourth-order valence-corrected chi connectivity index (χ4v) is 2.34. The van der Waals surface area contributed by atoms with Gasteiger partial charge in [-0.3, -0.25) is 4.68 Å². The molecule has 1 aliphatic heterocycles. The van der Waals surface area contributed by atoms with Gasteiger partial charge in [0, 0.05) is 26.2 Å². The van der Waals surface area contributed by atoms with Crippen LogP contribution in [0.4, 0.5) is 0 Å². The van der Waals surface area contributed by atoms with Crippen LogP contribution in [0.15, 0.2) is 6.07 Å². The Balaban J connectivity index is 1.86. The third-order valence-electron chi connectivity index (χ3n) is 3.45. The van der Waals surface area contributed by atoms with E-state index in [1.807, 2.05) is 11.7 Å². The standard InChI is InChI=1S/C13H23N3O/c1-4-11-8-13(16(3)15-11)9-14-12-5-6-17-10(2)7-12/h8,10,12,14H,4-7,9H2,1-3H3.